The Labute approximate surface area is 80.9 Å². The van der Waals surface area contributed by atoms with Crippen LogP contribution < -0.4 is 0 Å². The Morgan fingerprint density at radius 3 is 2.85 bits per heavy atom. The monoisotopic (exact) mass is 200 g/mol. The van der Waals surface area contributed by atoms with Gasteiger partial charge in [0.1, 0.15) is 11.3 Å². The van der Waals surface area contributed by atoms with Gasteiger partial charge < -0.3 is 9.84 Å². The number of benzene rings is 1. The maximum absolute atomic E-state index is 11.2. The molecule has 1 aromatic rings. The van der Waals surface area contributed by atoms with E-state index in [9.17, 15) is 9.90 Å². The quantitative estimate of drug-likeness (QED) is 0.745. The largest absolute Gasteiger partial charge is 0.507 e. The summed E-state index contributed by atoms with van der Waals surface area (Å²) in [5.41, 5.74) is 0.131. The average molecular weight is 201 g/mol. The summed E-state index contributed by atoms with van der Waals surface area (Å²) in [6.45, 7) is 1.98. The van der Waals surface area contributed by atoms with Crippen molar-refractivity contribution >= 4 is 17.6 Å². The van der Waals surface area contributed by atoms with E-state index in [4.69, 9.17) is 16.3 Å². The third-order valence-corrected chi connectivity index (χ3v) is 1.69. The molecule has 1 N–H and O–H groups in total. The first-order valence-electron chi connectivity index (χ1n) is 3.80. The Balaban J connectivity index is 2.95. The summed E-state index contributed by atoms with van der Waals surface area (Å²) in [7, 11) is 0. The second-order valence-corrected chi connectivity index (χ2v) is 2.82. The minimum Gasteiger partial charge on any atom is -0.507 e. The molecule has 3 nitrogen and oxygen atoms in total. The van der Waals surface area contributed by atoms with E-state index in [1.807, 2.05) is 0 Å². The van der Waals surface area contributed by atoms with E-state index < -0.39 is 5.97 Å². The van der Waals surface area contributed by atoms with Crippen molar-refractivity contribution in [1.82, 2.24) is 0 Å². The lowest BCUT2D eigenvalue weighted by molar-refractivity contribution is 0.0523. The van der Waals surface area contributed by atoms with Crippen molar-refractivity contribution in [2.45, 2.75) is 6.92 Å². The van der Waals surface area contributed by atoms with Crippen LogP contribution in [0.1, 0.15) is 17.3 Å². The van der Waals surface area contributed by atoms with Gasteiger partial charge in [-0.3, -0.25) is 0 Å². The first-order chi connectivity index (χ1) is 6.15. The molecule has 0 saturated heterocycles. The van der Waals surface area contributed by atoms with Crippen LogP contribution in [-0.4, -0.2) is 17.7 Å². The van der Waals surface area contributed by atoms with Gasteiger partial charge in [0.15, 0.2) is 0 Å². The second-order valence-electron chi connectivity index (χ2n) is 2.38. The van der Waals surface area contributed by atoms with Crippen molar-refractivity contribution in [2.24, 2.45) is 0 Å². The van der Waals surface area contributed by atoms with Crippen LogP contribution in [0, 0.1) is 0 Å². The molecular formula is C9H9ClO3. The summed E-state index contributed by atoms with van der Waals surface area (Å²) in [5, 5.41) is 9.68. The van der Waals surface area contributed by atoms with Gasteiger partial charge in [-0.2, -0.15) is 0 Å². The fourth-order valence-electron chi connectivity index (χ4n) is 0.886. The predicted molar refractivity (Wildman–Crippen MR) is 49.1 cm³/mol. The molecule has 0 aliphatic rings. The van der Waals surface area contributed by atoms with Crippen molar-refractivity contribution in [2.75, 3.05) is 6.61 Å². The maximum atomic E-state index is 11.2. The zero-order chi connectivity index (χ0) is 9.84. The lowest BCUT2D eigenvalue weighted by Gasteiger charge is -2.03. The molecule has 0 amide bonds. The summed E-state index contributed by atoms with van der Waals surface area (Å²) in [6.07, 6.45) is 0. The first kappa shape index (κ1) is 9.86. The summed E-state index contributed by atoms with van der Waals surface area (Å²) in [5.74, 6) is -0.706. The van der Waals surface area contributed by atoms with E-state index in [2.05, 4.69) is 0 Å². The Hall–Kier alpha value is -1.22. The lowest BCUT2D eigenvalue weighted by Crippen LogP contribution is -2.04. The van der Waals surface area contributed by atoms with Crippen LogP contribution in [0.5, 0.6) is 5.75 Å². The first-order valence-corrected chi connectivity index (χ1v) is 4.18. The number of ether oxygens (including phenoxy) is 1. The second kappa shape index (κ2) is 4.14. The van der Waals surface area contributed by atoms with Gasteiger partial charge in [0.05, 0.1) is 6.61 Å². The van der Waals surface area contributed by atoms with E-state index in [0.29, 0.717) is 5.02 Å². The van der Waals surface area contributed by atoms with Gasteiger partial charge in [0, 0.05) is 5.02 Å². The SMILES string of the molecule is CCOC(=O)c1ccc(Cl)cc1O. The van der Waals surface area contributed by atoms with Crippen molar-refractivity contribution in [3.05, 3.63) is 28.8 Å². The number of hydrogen-bond donors (Lipinski definition) is 1. The molecule has 0 atom stereocenters. The van der Waals surface area contributed by atoms with Gasteiger partial charge in [0.25, 0.3) is 0 Å². The molecule has 0 fully saturated rings. The number of esters is 1. The average Bonchev–Trinajstić information content (AvgIpc) is 2.04. The van der Waals surface area contributed by atoms with Crippen molar-refractivity contribution in [3.63, 3.8) is 0 Å². The highest BCUT2D eigenvalue weighted by Crippen LogP contribution is 2.22. The van der Waals surface area contributed by atoms with Crippen molar-refractivity contribution in [1.29, 1.82) is 0 Å². The molecular weight excluding hydrogens is 192 g/mol. The number of aromatic hydroxyl groups is 1. The smallest absolute Gasteiger partial charge is 0.341 e. The Morgan fingerprint density at radius 2 is 2.31 bits per heavy atom. The summed E-state index contributed by atoms with van der Waals surface area (Å²) >= 11 is 5.59. The predicted octanol–water partition coefficient (Wildman–Crippen LogP) is 2.22. The molecule has 0 aliphatic carbocycles. The number of carbonyl (C=O) groups excluding carboxylic acids is 1. The van der Waals surface area contributed by atoms with Gasteiger partial charge in [-0.1, -0.05) is 11.6 Å². The third kappa shape index (κ3) is 2.36. The fourth-order valence-corrected chi connectivity index (χ4v) is 1.05. The highest BCUT2D eigenvalue weighted by atomic mass is 35.5. The standard InChI is InChI=1S/C9H9ClO3/c1-2-13-9(12)7-4-3-6(10)5-8(7)11/h3-5,11H,2H2,1H3. The molecule has 70 valence electrons. The Morgan fingerprint density at radius 1 is 1.62 bits per heavy atom. The number of phenols is 1. The van der Waals surface area contributed by atoms with Gasteiger partial charge in [-0.05, 0) is 25.1 Å². The number of rotatable bonds is 2. The molecule has 1 rings (SSSR count). The highest BCUT2D eigenvalue weighted by molar-refractivity contribution is 6.30. The van der Waals surface area contributed by atoms with Crippen LogP contribution in [-0.2, 0) is 4.74 Å². The Bertz CT molecular complexity index is 323. The van der Waals surface area contributed by atoms with Crippen LogP contribution >= 0.6 is 11.6 Å². The van der Waals surface area contributed by atoms with Crippen LogP contribution in [0.25, 0.3) is 0 Å². The molecule has 0 aromatic heterocycles. The van der Waals surface area contributed by atoms with Gasteiger partial charge in [-0.15, -0.1) is 0 Å². The summed E-state index contributed by atoms with van der Waals surface area (Å²) in [4.78, 5) is 11.2. The number of hydrogen-bond acceptors (Lipinski definition) is 3. The van der Waals surface area contributed by atoms with E-state index in [1.165, 1.54) is 18.2 Å². The van der Waals surface area contributed by atoms with E-state index in [0.717, 1.165) is 0 Å². The molecule has 0 bridgehead atoms. The lowest BCUT2D eigenvalue weighted by atomic mass is 10.2. The molecule has 1 aromatic carbocycles. The molecule has 4 heteroatoms. The summed E-state index contributed by atoms with van der Waals surface area (Å²) < 4.78 is 4.71. The zero-order valence-electron chi connectivity index (χ0n) is 7.08. The highest BCUT2D eigenvalue weighted by Gasteiger charge is 2.11. The Kier molecular flexibility index (Phi) is 3.14. The fraction of sp³-hybridized carbons (Fsp3) is 0.222. The minimum absolute atomic E-state index is 0.131. The third-order valence-electron chi connectivity index (χ3n) is 1.46. The van der Waals surface area contributed by atoms with Crippen molar-refractivity contribution in [3.8, 4) is 5.75 Å². The number of halogens is 1. The van der Waals surface area contributed by atoms with Crippen molar-refractivity contribution < 1.29 is 14.6 Å². The maximum Gasteiger partial charge on any atom is 0.341 e. The van der Waals surface area contributed by atoms with E-state index in [1.54, 1.807) is 6.92 Å². The zero-order valence-corrected chi connectivity index (χ0v) is 7.84. The van der Waals surface area contributed by atoms with Crippen LogP contribution in [0.3, 0.4) is 0 Å². The molecule has 0 saturated carbocycles. The van der Waals surface area contributed by atoms with Crippen LogP contribution in [0.2, 0.25) is 5.02 Å². The number of phenolic OH excluding ortho intramolecular Hbond substituents is 1. The minimum atomic E-state index is -0.545. The molecule has 0 aliphatic heterocycles. The summed E-state index contributed by atoms with van der Waals surface area (Å²) in [6, 6.07) is 4.25. The van der Waals surface area contributed by atoms with Gasteiger partial charge in [0.2, 0.25) is 0 Å². The van der Waals surface area contributed by atoms with Crippen LogP contribution in [0.15, 0.2) is 18.2 Å². The van der Waals surface area contributed by atoms with Gasteiger partial charge in [-0.25, -0.2) is 4.79 Å². The molecule has 0 heterocycles. The molecule has 13 heavy (non-hydrogen) atoms. The van der Waals surface area contributed by atoms with E-state index >= 15 is 0 Å². The topological polar surface area (TPSA) is 46.5 Å². The number of carbonyl (C=O) groups is 1. The van der Waals surface area contributed by atoms with Crippen LogP contribution in [0.4, 0.5) is 0 Å². The molecule has 0 spiro atoms. The van der Waals surface area contributed by atoms with E-state index in [-0.39, 0.29) is 17.9 Å². The molecule has 0 unspecified atom stereocenters. The van der Waals surface area contributed by atoms with Gasteiger partial charge >= 0.3 is 5.97 Å². The molecule has 0 radical (unpaired) electrons. The normalized spacial score (nSPS) is 9.69.